The Hall–Kier alpha value is -2.49. The van der Waals surface area contributed by atoms with Crippen molar-refractivity contribution in [2.45, 2.75) is 31.7 Å². The van der Waals surface area contributed by atoms with Crippen LogP contribution in [0.5, 0.6) is 0 Å². The van der Waals surface area contributed by atoms with Gasteiger partial charge in [0.2, 0.25) is 0 Å². The van der Waals surface area contributed by atoms with Crippen molar-refractivity contribution in [3.8, 4) is 6.07 Å². The Morgan fingerprint density at radius 2 is 1.86 bits per heavy atom. The van der Waals surface area contributed by atoms with Crippen LogP contribution in [-0.2, 0) is 10.3 Å². The van der Waals surface area contributed by atoms with Crippen LogP contribution in [0.2, 0.25) is 0 Å². The first-order valence-electron chi connectivity index (χ1n) is 6.86. The van der Waals surface area contributed by atoms with Crippen molar-refractivity contribution in [1.82, 2.24) is 10.2 Å². The van der Waals surface area contributed by atoms with Crippen molar-refractivity contribution in [3.05, 3.63) is 35.4 Å². The maximum atomic E-state index is 13.4. The highest BCUT2D eigenvalue weighted by Crippen LogP contribution is 2.30. The van der Waals surface area contributed by atoms with E-state index in [4.69, 9.17) is 5.26 Å². The highest BCUT2D eigenvalue weighted by molar-refractivity contribution is 6.07. The summed E-state index contributed by atoms with van der Waals surface area (Å²) < 4.78 is 26.7. The van der Waals surface area contributed by atoms with Crippen LogP contribution in [0, 0.1) is 23.0 Å². The van der Waals surface area contributed by atoms with Crippen LogP contribution in [0.4, 0.5) is 13.6 Å². The monoisotopic (exact) mass is 307 g/mol. The number of urea groups is 1. The molecule has 0 unspecified atom stereocenters. The highest BCUT2D eigenvalue weighted by Gasteiger charge is 2.48. The van der Waals surface area contributed by atoms with Crippen molar-refractivity contribution in [2.75, 3.05) is 6.54 Å². The lowest BCUT2D eigenvalue weighted by atomic mass is 9.92. The highest BCUT2D eigenvalue weighted by atomic mass is 19.1. The van der Waals surface area contributed by atoms with Gasteiger partial charge in [-0.3, -0.25) is 9.69 Å². The van der Waals surface area contributed by atoms with Gasteiger partial charge in [-0.25, -0.2) is 13.6 Å². The van der Waals surface area contributed by atoms with Gasteiger partial charge in [-0.05, 0) is 37.5 Å². The Labute approximate surface area is 126 Å². The molecule has 0 saturated carbocycles. The Kier molecular flexibility index (Phi) is 4.40. The normalized spacial score (nSPS) is 20.9. The van der Waals surface area contributed by atoms with Gasteiger partial charge < -0.3 is 5.32 Å². The molecule has 1 atom stereocenters. The quantitative estimate of drug-likeness (QED) is 0.670. The molecular formula is C15H15F2N3O2. The Bertz CT molecular complexity index is 636. The second kappa shape index (κ2) is 6.10. The second-order valence-electron chi connectivity index (χ2n) is 5.29. The zero-order valence-electron chi connectivity index (χ0n) is 12.0. The lowest BCUT2D eigenvalue weighted by Crippen LogP contribution is -2.41. The maximum absolute atomic E-state index is 13.4. The van der Waals surface area contributed by atoms with E-state index >= 15 is 0 Å². The van der Waals surface area contributed by atoms with Crippen LogP contribution in [0.15, 0.2) is 18.2 Å². The van der Waals surface area contributed by atoms with Gasteiger partial charge in [0, 0.05) is 19.0 Å². The van der Waals surface area contributed by atoms with Gasteiger partial charge in [0.05, 0.1) is 6.07 Å². The summed E-state index contributed by atoms with van der Waals surface area (Å²) in [6.45, 7) is 1.58. The molecular weight excluding hydrogens is 292 g/mol. The first-order valence-corrected chi connectivity index (χ1v) is 6.86. The second-order valence-corrected chi connectivity index (χ2v) is 5.29. The number of nitrogens with one attached hydrogen (secondary N) is 1. The Morgan fingerprint density at radius 1 is 1.23 bits per heavy atom. The smallest absolute Gasteiger partial charge is 0.319 e. The van der Waals surface area contributed by atoms with Gasteiger partial charge in [-0.2, -0.15) is 5.26 Å². The first-order chi connectivity index (χ1) is 10.4. The molecule has 0 bridgehead atoms. The number of hydrogen-bond donors (Lipinski definition) is 1. The first kappa shape index (κ1) is 15.9. The van der Waals surface area contributed by atoms with Gasteiger partial charge >= 0.3 is 6.03 Å². The van der Waals surface area contributed by atoms with Crippen molar-refractivity contribution < 1.29 is 18.4 Å². The largest absolute Gasteiger partial charge is 0.325 e. The molecule has 1 saturated heterocycles. The van der Waals surface area contributed by atoms with E-state index < -0.39 is 29.1 Å². The van der Waals surface area contributed by atoms with E-state index in [0.29, 0.717) is 25.3 Å². The van der Waals surface area contributed by atoms with Crippen LogP contribution in [-0.4, -0.2) is 23.4 Å². The van der Waals surface area contributed by atoms with Crippen LogP contribution < -0.4 is 5.32 Å². The molecule has 5 nitrogen and oxygen atoms in total. The number of unbranched alkanes of at least 4 members (excludes halogenated alkanes) is 2. The third-order valence-corrected chi connectivity index (χ3v) is 3.64. The molecule has 1 heterocycles. The number of imide groups is 1. The molecule has 1 aliphatic heterocycles. The van der Waals surface area contributed by atoms with Crippen molar-refractivity contribution >= 4 is 11.9 Å². The zero-order valence-corrected chi connectivity index (χ0v) is 12.0. The van der Waals surface area contributed by atoms with Crippen molar-refractivity contribution in [2.24, 2.45) is 0 Å². The average Bonchev–Trinajstić information content (AvgIpc) is 2.66. The van der Waals surface area contributed by atoms with Crippen LogP contribution in [0.3, 0.4) is 0 Å². The number of nitriles is 1. The van der Waals surface area contributed by atoms with Crippen molar-refractivity contribution in [3.63, 3.8) is 0 Å². The van der Waals surface area contributed by atoms with E-state index in [-0.39, 0.29) is 12.1 Å². The summed E-state index contributed by atoms with van der Waals surface area (Å²) in [6.07, 6.45) is 1.41. The average molecular weight is 307 g/mol. The molecule has 1 aromatic rings. The van der Waals surface area contributed by atoms with Gasteiger partial charge in [-0.1, -0.05) is 0 Å². The fourth-order valence-corrected chi connectivity index (χ4v) is 2.41. The minimum absolute atomic E-state index is 0.0582. The molecule has 1 fully saturated rings. The fourth-order valence-electron chi connectivity index (χ4n) is 2.41. The number of nitrogens with zero attached hydrogens (tertiary/aromatic N) is 2. The number of benzene rings is 1. The summed E-state index contributed by atoms with van der Waals surface area (Å²) in [5.74, 6) is -2.18. The molecule has 0 aliphatic carbocycles. The van der Waals surface area contributed by atoms with Crippen molar-refractivity contribution in [1.29, 1.82) is 5.26 Å². The van der Waals surface area contributed by atoms with Gasteiger partial charge in [0.15, 0.2) is 0 Å². The van der Waals surface area contributed by atoms with E-state index in [1.165, 1.54) is 6.92 Å². The molecule has 116 valence electrons. The van der Waals surface area contributed by atoms with E-state index in [9.17, 15) is 18.4 Å². The predicted molar refractivity (Wildman–Crippen MR) is 73.4 cm³/mol. The number of hydrogen-bond acceptors (Lipinski definition) is 3. The SMILES string of the molecule is C[C@]1(c2cc(F)cc(F)c2)NC(=O)N(CCCCC#N)C1=O. The lowest BCUT2D eigenvalue weighted by Gasteiger charge is -2.22. The summed E-state index contributed by atoms with van der Waals surface area (Å²) in [7, 11) is 0. The maximum Gasteiger partial charge on any atom is 0.325 e. The third kappa shape index (κ3) is 2.91. The summed E-state index contributed by atoms with van der Waals surface area (Å²) in [4.78, 5) is 25.4. The Morgan fingerprint density at radius 3 is 2.45 bits per heavy atom. The van der Waals surface area contributed by atoms with Crippen LogP contribution >= 0.6 is 0 Å². The molecule has 0 radical (unpaired) electrons. The molecule has 1 aliphatic rings. The summed E-state index contributed by atoms with van der Waals surface area (Å²) in [5, 5.41) is 10.9. The Balaban J connectivity index is 2.20. The lowest BCUT2D eigenvalue weighted by molar-refractivity contribution is -0.131. The third-order valence-electron chi connectivity index (χ3n) is 3.64. The molecule has 0 spiro atoms. The molecule has 7 heteroatoms. The van der Waals surface area contributed by atoms with Crippen LogP contribution in [0.25, 0.3) is 0 Å². The summed E-state index contributed by atoms with van der Waals surface area (Å²) >= 11 is 0. The van der Waals surface area contributed by atoms with E-state index in [2.05, 4.69) is 5.32 Å². The zero-order chi connectivity index (χ0) is 16.3. The standard InChI is InChI=1S/C15H15F2N3O2/c1-15(10-7-11(16)9-12(17)8-10)13(21)20(14(22)19-15)6-4-2-3-5-18/h7-9H,2-4,6H2,1H3,(H,19,22)/t15-/m1/s1. The number of halogens is 2. The van der Waals surface area contributed by atoms with Gasteiger partial charge in [0.25, 0.3) is 5.91 Å². The van der Waals surface area contributed by atoms with E-state index in [1.54, 1.807) is 0 Å². The van der Waals surface area contributed by atoms with E-state index in [0.717, 1.165) is 17.0 Å². The summed E-state index contributed by atoms with van der Waals surface area (Å²) in [5.41, 5.74) is -1.43. The van der Waals surface area contributed by atoms with Gasteiger partial charge in [0.1, 0.15) is 17.2 Å². The van der Waals surface area contributed by atoms with Crippen LogP contribution in [0.1, 0.15) is 31.7 Å². The molecule has 0 aromatic heterocycles. The number of amides is 3. The molecule has 22 heavy (non-hydrogen) atoms. The summed E-state index contributed by atoms with van der Waals surface area (Å²) in [6, 6.07) is 4.14. The van der Waals surface area contributed by atoms with Gasteiger partial charge in [-0.15, -0.1) is 0 Å². The minimum atomic E-state index is -1.49. The fraction of sp³-hybridized carbons (Fsp3) is 0.400. The minimum Gasteiger partial charge on any atom is -0.319 e. The molecule has 2 rings (SSSR count). The predicted octanol–water partition coefficient (Wildman–Crippen LogP) is 2.43. The topological polar surface area (TPSA) is 73.2 Å². The number of rotatable bonds is 5. The van der Waals surface area contributed by atoms with E-state index in [1.807, 2.05) is 6.07 Å². The molecule has 3 amide bonds. The number of carbonyl (C=O) groups excluding carboxylic acids is 2. The molecule has 1 N–H and O–H groups in total. The number of carbonyl (C=O) groups is 2. The molecule has 1 aromatic carbocycles.